The van der Waals surface area contributed by atoms with Gasteiger partial charge in [0.2, 0.25) is 0 Å². The molecule has 0 atom stereocenters. The molecule has 2 heteroatoms. The summed E-state index contributed by atoms with van der Waals surface area (Å²) in [6.07, 6.45) is 2.89. The molecule has 0 aliphatic carbocycles. The summed E-state index contributed by atoms with van der Waals surface area (Å²) in [4.78, 5) is 4.52. The molecule has 0 fully saturated rings. The van der Waals surface area contributed by atoms with Gasteiger partial charge in [-0.25, -0.2) is 0 Å². The van der Waals surface area contributed by atoms with Gasteiger partial charge in [-0.15, -0.1) is 0 Å². The van der Waals surface area contributed by atoms with E-state index in [0.29, 0.717) is 0 Å². The zero-order valence-electron chi connectivity index (χ0n) is 10.7. The van der Waals surface area contributed by atoms with Crippen LogP contribution in [0.3, 0.4) is 0 Å². The summed E-state index contributed by atoms with van der Waals surface area (Å²) in [5.74, 6) is 0. The Kier molecular flexibility index (Phi) is 3.34. The van der Waals surface area contributed by atoms with Gasteiger partial charge in [0, 0.05) is 16.1 Å². The molecule has 1 nitrogen and oxygen atoms in total. The first kappa shape index (κ1) is 12.4. The second kappa shape index (κ2) is 5.14. The van der Waals surface area contributed by atoms with Gasteiger partial charge in [-0.1, -0.05) is 45.8 Å². The van der Waals surface area contributed by atoms with Crippen molar-refractivity contribution >= 4 is 26.8 Å². The summed E-state index contributed by atoms with van der Waals surface area (Å²) >= 11 is 3.50. The zero-order valence-corrected chi connectivity index (χ0v) is 12.3. The fraction of sp³-hybridized carbons (Fsp3) is 0.118. The van der Waals surface area contributed by atoms with Crippen LogP contribution in [0.5, 0.6) is 0 Å². The van der Waals surface area contributed by atoms with Gasteiger partial charge in [0.05, 0.1) is 5.52 Å². The summed E-state index contributed by atoms with van der Waals surface area (Å²) in [7, 11) is 0. The molecule has 0 saturated heterocycles. The third kappa shape index (κ3) is 2.85. The quantitative estimate of drug-likeness (QED) is 0.656. The molecule has 94 valence electrons. The highest BCUT2D eigenvalue weighted by molar-refractivity contribution is 9.10. The van der Waals surface area contributed by atoms with Gasteiger partial charge in [0.25, 0.3) is 0 Å². The Balaban J connectivity index is 1.94. The summed E-state index contributed by atoms with van der Waals surface area (Å²) < 4.78 is 1.09. The number of aromatic nitrogens is 1. The molecule has 1 aromatic heterocycles. The van der Waals surface area contributed by atoms with E-state index >= 15 is 0 Å². The topological polar surface area (TPSA) is 12.9 Å². The highest BCUT2D eigenvalue weighted by Gasteiger charge is 2.00. The highest BCUT2D eigenvalue weighted by atomic mass is 79.9. The number of fused-ring (bicyclic) bond motifs is 1. The number of rotatable bonds is 2. The Hall–Kier alpha value is -1.67. The SMILES string of the molecule is Cc1ccc(Cc2cnc3ccc(Br)cc3c2)cc1. The van der Waals surface area contributed by atoms with Crippen LogP contribution in [-0.4, -0.2) is 4.98 Å². The molecule has 0 bridgehead atoms. The fourth-order valence-electron chi connectivity index (χ4n) is 2.19. The zero-order chi connectivity index (χ0) is 13.2. The lowest BCUT2D eigenvalue weighted by atomic mass is 10.0. The maximum atomic E-state index is 4.52. The summed E-state index contributed by atoms with van der Waals surface area (Å²) in [5.41, 5.74) is 4.90. The van der Waals surface area contributed by atoms with Crippen LogP contribution in [0.4, 0.5) is 0 Å². The van der Waals surface area contributed by atoms with Crippen LogP contribution in [0.2, 0.25) is 0 Å². The average molecular weight is 312 g/mol. The first-order valence-corrected chi connectivity index (χ1v) is 7.10. The summed E-state index contributed by atoms with van der Waals surface area (Å²) in [5, 5.41) is 1.18. The van der Waals surface area contributed by atoms with E-state index in [0.717, 1.165) is 16.4 Å². The Morgan fingerprint density at radius 2 is 1.74 bits per heavy atom. The van der Waals surface area contributed by atoms with Crippen molar-refractivity contribution in [3.05, 3.63) is 75.9 Å². The molecule has 0 N–H and O–H groups in total. The Morgan fingerprint density at radius 1 is 0.947 bits per heavy atom. The first-order valence-electron chi connectivity index (χ1n) is 6.30. The first-order chi connectivity index (χ1) is 9.20. The summed E-state index contributed by atoms with van der Waals surface area (Å²) in [6, 6.07) is 17.1. The van der Waals surface area contributed by atoms with Crippen LogP contribution in [-0.2, 0) is 6.42 Å². The molecule has 0 amide bonds. The molecule has 0 saturated carbocycles. The van der Waals surface area contributed by atoms with Crippen LogP contribution in [0.1, 0.15) is 16.7 Å². The number of benzene rings is 2. The van der Waals surface area contributed by atoms with Crippen LogP contribution < -0.4 is 0 Å². The summed E-state index contributed by atoms with van der Waals surface area (Å²) in [6.45, 7) is 2.11. The van der Waals surface area contributed by atoms with Gasteiger partial charge in [-0.3, -0.25) is 4.98 Å². The van der Waals surface area contributed by atoms with E-state index in [1.807, 2.05) is 18.3 Å². The van der Waals surface area contributed by atoms with E-state index in [9.17, 15) is 0 Å². The standard InChI is InChI=1S/C17H14BrN/c1-12-2-4-13(5-3-12)8-14-9-15-10-16(18)6-7-17(15)19-11-14/h2-7,9-11H,8H2,1H3. The number of aryl methyl sites for hydroxylation is 1. The van der Waals surface area contributed by atoms with Crippen molar-refractivity contribution < 1.29 is 0 Å². The molecule has 0 unspecified atom stereocenters. The lowest BCUT2D eigenvalue weighted by molar-refractivity contribution is 1.16. The molecule has 3 aromatic rings. The highest BCUT2D eigenvalue weighted by Crippen LogP contribution is 2.20. The van der Waals surface area contributed by atoms with Crippen LogP contribution in [0.25, 0.3) is 10.9 Å². The second-order valence-electron chi connectivity index (χ2n) is 4.84. The van der Waals surface area contributed by atoms with Crippen molar-refractivity contribution in [2.75, 3.05) is 0 Å². The molecule has 2 aromatic carbocycles. The van der Waals surface area contributed by atoms with Crippen LogP contribution in [0.15, 0.2) is 59.2 Å². The lowest BCUT2D eigenvalue weighted by Crippen LogP contribution is -1.90. The van der Waals surface area contributed by atoms with Gasteiger partial charge in [0.1, 0.15) is 0 Å². The minimum absolute atomic E-state index is 0.926. The molecule has 19 heavy (non-hydrogen) atoms. The van der Waals surface area contributed by atoms with Crippen molar-refractivity contribution in [3.8, 4) is 0 Å². The fourth-order valence-corrected chi connectivity index (χ4v) is 2.57. The number of pyridine rings is 1. The van der Waals surface area contributed by atoms with Gasteiger partial charge < -0.3 is 0 Å². The van der Waals surface area contributed by atoms with Crippen molar-refractivity contribution in [1.82, 2.24) is 4.98 Å². The molecule has 3 rings (SSSR count). The van der Waals surface area contributed by atoms with E-state index in [4.69, 9.17) is 0 Å². The van der Waals surface area contributed by atoms with Crippen molar-refractivity contribution in [2.24, 2.45) is 0 Å². The maximum absolute atomic E-state index is 4.52. The van der Waals surface area contributed by atoms with E-state index in [1.165, 1.54) is 22.1 Å². The Bertz CT molecular complexity index is 717. The Morgan fingerprint density at radius 3 is 2.53 bits per heavy atom. The second-order valence-corrected chi connectivity index (χ2v) is 5.76. The number of nitrogens with zero attached hydrogens (tertiary/aromatic N) is 1. The van der Waals surface area contributed by atoms with Crippen molar-refractivity contribution in [2.45, 2.75) is 13.3 Å². The minimum atomic E-state index is 0.926. The monoisotopic (exact) mass is 311 g/mol. The number of halogens is 1. The van der Waals surface area contributed by atoms with Crippen LogP contribution >= 0.6 is 15.9 Å². The third-order valence-corrected chi connectivity index (χ3v) is 3.72. The lowest BCUT2D eigenvalue weighted by Gasteiger charge is -2.04. The maximum Gasteiger partial charge on any atom is 0.0702 e. The molecular formula is C17H14BrN. The van der Waals surface area contributed by atoms with Crippen molar-refractivity contribution in [3.63, 3.8) is 0 Å². The molecular weight excluding hydrogens is 298 g/mol. The number of hydrogen-bond donors (Lipinski definition) is 0. The van der Waals surface area contributed by atoms with Gasteiger partial charge in [0.15, 0.2) is 0 Å². The Labute approximate surface area is 121 Å². The molecule has 0 aliphatic rings. The van der Waals surface area contributed by atoms with Gasteiger partial charge in [-0.05, 0) is 48.7 Å². The van der Waals surface area contributed by atoms with E-state index in [2.05, 4.69) is 64.2 Å². The predicted octanol–water partition coefficient (Wildman–Crippen LogP) is 4.90. The van der Waals surface area contributed by atoms with Gasteiger partial charge >= 0.3 is 0 Å². The predicted molar refractivity (Wildman–Crippen MR) is 83.4 cm³/mol. The molecule has 0 aliphatic heterocycles. The normalized spacial score (nSPS) is 10.8. The van der Waals surface area contributed by atoms with Gasteiger partial charge in [-0.2, -0.15) is 0 Å². The van der Waals surface area contributed by atoms with Crippen molar-refractivity contribution in [1.29, 1.82) is 0 Å². The van der Waals surface area contributed by atoms with E-state index < -0.39 is 0 Å². The molecule has 0 spiro atoms. The molecule has 0 radical (unpaired) electrons. The van der Waals surface area contributed by atoms with Crippen LogP contribution in [0, 0.1) is 6.92 Å². The molecule has 1 heterocycles. The van der Waals surface area contributed by atoms with E-state index in [-0.39, 0.29) is 0 Å². The minimum Gasteiger partial charge on any atom is -0.256 e. The number of hydrogen-bond acceptors (Lipinski definition) is 1. The van der Waals surface area contributed by atoms with E-state index in [1.54, 1.807) is 0 Å². The average Bonchev–Trinajstić information content (AvgIpc) is 2.41. The largest absolute Gasteiger partial charge is 0.256 e. The smallest absolute Gasteiger partial charge is 0.0702 e. The third-order valence-electron chi connectivity index (χ3n) is 3.23.